The van der Waals surface area contributed by atoms with E-state index in [4.69, 9.17) is 27.4 Å². The number of hydrogen-bond acceptors (Lipinski definition) is 4. The Morgan fingerprint density at radius 1 is 1.19 bits per heavy atom. The summed E-state index contributed by atoms with van der Waals surface area (Å²) in [6.45, 7) is 3.16. The van der Waals surface area contributed by atoms with Gasteiger partial charge in [0.15, 0.2) is 11.5 Å². The van der Waals surface area contributed by atoms with E-state index in [1.54, 1.807) is 14.2 Å². The van der Waals surface area contributed by atoms with Gasteiger partial charge in [-0.2, -0.15) is 0 Å². The molecular formula is C16H24N2O2S. The highest BCUT2D eigenvalue weighted by atomic mass is 32.1. The lowest BCUT2D eigenvalue weighted by atomic mass is 9.98. The summed E-state index contributed by atoms with van der Waals surface area (Å²) in [6, 6.07) is 4.22. The van der Waals surface area contributed by atoms with Crippen molar-refractivity contribution in [2.75, 3.05) is 27.3 Å². The number of thiocarbonyl (C=S) groups is 1. The van der Waals surface area contributed by atoms with Crippen LogP contribution in [-0.2, 0) is 13.0 Å². The van der Waals surface area contributed by atoms with Crippen LogP contribution < -0.4 is 15.2 Å². The van der Waals surface area contributed by atoms with Gasteiger partial charge in [0.1, 0.15) is 0 Å². The van der Waals surface area contributed by atoms with Gasteiger partial charge >= 0.3 is 0 Å². The van der Waals surface area contributed by atoms with Crippen LogP contribution in [0.15, 0.2) is 12.1 Å². The van der Waals surface area contributed by atoms with E-state index in [0.717, 1.165) is 56.8 Å². The Bertz CT molecular complexity index is 505. The van der Waals surface area contributed by atoms with Gasteiger partial charge < -0.3 is 15.2 Å². The minimum Gasteiger partial charge on any atom is -0.493 e. The minimum absolute atomic E-state index is 0.621. The molecule has 2 N–H and O–H groups in total. The van der Waals surface area contributed by atoms with Crippen molar-refractivity contribution in [2.45, 2.75) is 32.2 Å². The molecule has 0 spiro atoms. The van der Waals surface area contributed by atoms with Crippen molar-refractivity contribution in [3.63, 3.8) is 0 Å². The van der Waals surface area contributed by atoms with E-state index in [1.807, 2.05) is 0 Å². The van der Waals surface area contributed by atoms with E-state index in [0.29, 0.717) is 4.99 Å². The summed E-state index contributed by atoms with van der Waals surface area (Å²) in [5, 5.41) is 0. The summed E-state index contributed by atoms with van der Waals surface area (Å²) < 4.78 is 10.8. The van der Waals surface area contributed by atoms with Crippen molar-refractivity contribution in [2.24, 2.45) is 5.73 Å². The molecule has 0 radical (unpaired) electrons. The summed E-state index contributed by atoms with van der Waals surface area (Å²) in [6.07, 6.45) is 4.13. The highest BCUT2D eigenvalue weighted by Crippen LogP contribution is 2.33. The van der Waals surface area contributed by atoms with Gasteiger partial charge in [0.25, 0.3) is 0 Å². The average molecular weight is 308 g/mol. The highest BCUT2D eigenvalue weighted by molar-refractivity contribution is 7.80. The Morgan fingerprint density at radius 3 is 2.48 bits per heavy atom. The number of benzene rings is 1. The molecule has 0 saturated heterocycles. The quantitative estimate of drug-likeness (QED) is 0.619. The number of unbranched alkanes of at least 4 members (excludes halogenated alkanes) is 1. The number of nitrogens with two attached hydrogens (primary N) is 1. The summed E-state index contributed by atoms with van der Waals surface area (Å²) >= 11 is 4.91. The monoisotopic (exact) mass is 308 g/mol. The van der Waals surface area contributed by atoms with Gasteiger partial charge in [0, 0.05) is 13.1 Å². The lowest BCUT2D eigenvalue weighted by molar-refractivity contribution is 0.248. The predicted octanol–water partition coefficient (Wildman–Crippen LogP) is 2.52. The third-order valence-corrected chi connectivity index (χ3v) is 4.15. The first-order valence-electron chi connectivity index (χ1n) is 7.38. The zero-order valence-corrected chi connectivity index (χ0v) is 13.7. The van der Waals surface area contributed by atoms with Gasteiger partial charge in [-0.05, 0) is 55.5 Å². The largest absolute Gasteiger partial charge is 0.493 e. The Labute approximate surface area is 132 Å². The van der Waals surface area contributed by atoms with Gasteiger partial charge in [-0.1, -0.05) is 12.2 Å². The van der Waals surface area contributed by atoms with Crippen LogP contribution in [0.25, 0.3) is 0 Å². The second-order valence-electron chi connectivity index (χ2n) is 5.43. The molecule has 0 saturated carbocycles. The maximum Gasteiger partial charge on any atom is 0.161 e. The Morgan fingerprint density at radius 2 is 1.86 bits per heavy atom. The van der Waals surface area contributed by atoms with Gasteiger partial charge in [-0.3, -0.25) is 4.90 Å². The maximum absolute atomic E-state index is 5.53. The first-order valence-corrected chi connectivity index (χ1v) is 7.79. The molecule has 116 valence electrons. The average Bonchev–Trinajstić information content (AvgIpc) is 2.49. The Hall–Kier alpha value is -1.33. The number of nitrogens with zero attached hydrogens (tertiary/aromatic N) is 1. The van der Waals surface area contributed by atoms with Crippen molar-refractivity contribution in [3.8, 4) is 11.5 Å². The molecule has 0 amide bonds. The van der Waals surface area contributed by atoms with Crippen molar-refractivity contribution in [3.05, 3.63) is 23.3 Å². The topological polar surface area (TPSA) is 47.7 Å². The lowest BCUT2D eigenvalue weighted by Crippen LogP contribution is -2.31. The van der Waals surface area contributed by atoms with E-state index >= 15 is 0 Å². The molecule has 0 fully saturated rings. The molecule has 1 aliphatic heterocycles. The molecule has 5 heteroatoms. The van der Waals surface area contributed by atoms with Crippen LogP contribution in [0.5, 0.6) is 11.5 Å². The molecule has 4 nitrogen and oxygen atoms in total. The van der Waals surface area contributed by atoms with Crippen molar-refractivity contribution in [1.82, 2.24) is 4.90 Å². The van der Waals surface area contributed by atoms with E-state index in [2.05, 4.69) is 17.0 Å². The Kier molecular flexibility index (Phi) is 5.82. The zero-order valence-electron chi connectivity index (χ0n) is 12.9. The minimum atomic E-state index is 0.621. The van der Waals surface area contributed by atoms with Gasteiger partial charge in [0.05, 0.1) is 19.2 Å². The zero-order chi connectivity index (χ0) is 15.2. The molecule has 0 atom stereocenters. The number of ether oxygens (including phenoxy) is 2. The molecule has 0 unspecified atom stereocenters. The summed E-state index contributed by atoms with van der Waals surface area (Å²) in [5.41, 5.74) is 8.23. The number of rotatable bonds is 7. The van der Waals surface area contributed by atoms with Crippen molar-refractivity contribution in [1.29, 1.82) is 0 Å². The molecule has 1 heterocycles. The van der Waals surface area contributed by atoms with E-state index in [-0.39, 0.29) is 0 Å². The first-order chi connectivity index (χ1) is 10.1. The van der Waals surface area contributed by atoms with Crippen LogP contribution >= 0.6 is 12.2 Å². The van der Waals surface area contributed by atoms with Crippen molar-refractivity contribution >= 4 is 17.2 Å². The van der Waals surface area contributed by atoms with Crippen LogP contribution in [0.4, 0.5) is 0 Å². The summed E-state index contributed by atoms with van der Waals surface area (Å²) in [5.74, 6) is 1.63. The fraction of sp³-hybridized carbons (Fsp3) is 0.562. The standard InChI is InChI=1S/C16H24N2O2S/c1-19-14-9-12-6-8-18(7-4-3-5-16(17)21)11-13(12)10-15(14)20-2/h9-10H,3-8,11H2,1-2H3,(H2,17,21). The molecule has 0 bridgehead atoms. The smallest absolute Gasteiger partial charge is 0.161 e. The number of fused-ring (bicyclic) bond motifs is 1. The highest BCUT2D eigenvalue weighted by Gasteiger charge is 2.18. The lowest BCUT2D eigenvalue weighted by Gasteiger charge is -2.29. The molecule has 0 aromatic heterocycles. The van der Waals surface area contributed by atoms with Crippen LogP contribution in [0.2, 0.25) is 0 Å². The number of hydrogen-bond donors (Lipinski definition) is 1. The third-order valence-electron chi connectivity index (χ3n) is 3.94. The molecule has 2 rings (SSSR count). The third kappa shape index (κ3) is 4.32. The normalized spacial score (nSPS) is 14.6. The van der Waals surface area contributed by atoms with E-state index in [9.17, 15) is 0 Å². The van der Waals surface area contributed by atoms with Crippen LogP contribution in [0.1, 0.15) is 30.4 Å². The van der Waals surface area contributed by atoms with Gasteiger partial charge in [-0.15, -0.1) is 0 Å². The van der Waals surface area contributed by atoms with Crippen LogP contribution in [0, 0.1) is 0 Å². The fourth-order valence-corrected chi connectivity index (χ4v) is 2.91. The molecule has 0 aliphatic carbocycles. The Balaban J connectivity index is 1.95. The second kappa shape index (κ2) is 7.61. The van der Waals surface area contributed by atoms with Gasteiger partial charge in [0.2, 0.25) is 0 Å². The maximum atomic E-state index is 5.53. The molecule has 1 aromatic carbocycles. The predicted molar refractivity (Wildman–Crippen MR) is 89.2 cm³/mol. The van der Waals surface area contributed by atoms with Crippen LogP contribution in [-0.4, -0.2) is 37.2 Å². The first kappa shape index (κ1) is 16.0. The molecule has 21 heavy (non-hydrogen) atoms. The molecular weight excluding hydrogens is 284 g/mol. The fourth-order valence-electron chi connectivity index (χ4n) is 2.77. The molecule has 1 aliphatic rings. The summed E-state index contributed by atoms with van der Waals surface area (Å²) in [4.78, 5) is 3.10. The van der Waals surface area contributed by atoms with E-state index < -0.39 is 0 Å². The second-order valence-corrected chi connectivity index (χ2v) is 5.95. The molecule has 1 aromatic rings. The number of methoxy groups -OCH3 is 2. The van der Waals surface area contributed by atoms with Crippen LogP contribution in [0.3, 0.4) is 0 Å². The van der Waals surface area contributed by atoms with E-state index in [1.165, 1.54) is 11.1 Å². The summed E-state index contributed by atoms with van der Waals surface area (Å²) in [7, 11) is 3.36. The van der Waals surface area contributed by atoms with Crippen molar-refractivity contribution < 1.29 is 9.47 Å². The van der Waals surface area contributed by atoms with Gasteiger partial charge in [-0.25, -0.2) is 0 Å². The SMILES string of the molecule is COc1cc2c(cc1OC)CN(CCCCC(N)=S)CC2.